The highest BCUT2D eigenvalue weighted by Gasteiger charge is 2.21. The van der Waals surface area contributed by atoms with Crippen molar-refractivity contribution >= 4 is 17.2 Å². The van der Waals surface area contributed by atoms with Crippen LogP contribution in [0.15, 0.2) is 24.0 Å². The fraction of sp³-hybridized carbons (Fsp3) is 0.316. The van der Waals surface area contributed by atoms with Gasteiger partial charge in [-0.25, -0.2) is 9.55 Å². The minimum Gasteiger partial charge on any atom is -0.303 e. The Morgan fingerprint density at radius 1 is 1.22 bits per heavy atom. The second-order valence-electron chi connectivity index (χ2n) is 6.37. The second-order valence-corrected chi connectivity index (χ2v) is 6.37. The van der Waals surface area contributed by atoms with Crippen LogP contribution in [-0.4, -0.2) is 14.5 Å². The molecule has 3 heterocycles. The van der Waals surface area contributed by atoms with Crippen LogP contribution in [0.3, 0.4) is 0 Å². The van der Waals surface area contributed by atoms with Gasteiger partial charge in [0.1, 0.15) is 11.5 Å². The van der Waals surface area contributed by atoms with Gasteiger partial charge >= 0.3 is 0 Å². The van der Waals surface area contributed by atoms with Gasteiger partial charge in [0.15, 0.2) is 5.69 Å². The van der Waals surface area contributed by atoms with Gasteiger partial charge in [0.25, 0.3) is 6.33 Å². The number of rotatable bonds is 1. The van der Waals surface area contributed by atoms with Gasteiger partial charge in [0, 0.05) is 35.3 Å². The smallest absolute Gasteiger partial charge is 0.286 e. The molecule has 0 radical (unpaired) electrons. The third-order valence-electron chi connectivity index (χ3n) is 4.54. The average Bonchev–Trinajstić information content (AvgIpc) is 3.03. The molecule has 0 saturated carbocycles. The molecule has 4 nitrogen and oxygen atoms in total. The highest BCUT2D eigenvalue weighted by molar-refractivity contribution is 5.89. The summed E-state index contributed by atoms with van der Waals surface area (Å²) in [4.78, 5) is 8.99. The summed E-state index contributed by atoms with van der Waals surface area (Å²) in [5, 5.41) is 0. The molecule has 0 bridgehead atoms. The summed E-state index contributed by atoms with van der Waals surface area (Å²) in [5.41, 5.74) is 6.47. The van der Waals surface area contributed by atoms with Crippen molar-refractivity contribution in [2.24, 2.45) is 7.05 Å². The molecule has 0 atom stereocenters. The van der Waals surface area contributed by atoms with Crippen LogP contribution in [0.1, 0.15) is 33.7 Å². The van der Waals surface area contributed by atoms with Crippen molar-refractivity contribution < 1.29 is 8.68 Å². The molecule has 1 aliphatic rings. The first kappa shape index (κ1) is 11.1. The molecular weight excluding hydrogens is 284 g/mol. The molecule has 0 spiro atoms. The predicted octanol–water partition coefficient (Wildman–Crippen LogP) is 3.26. The SMILES string of the molecule is [2H]C([2H])([2H])c1c(C)c(-c2cc(C)nc[n+]2C)cc2c1nc1n2C=C(C)C1. The molecule has 0 amide bonds. The van der Waals surface area contributed by atoms with E-state index in [9.17, 15) is 0 Å². The van der Waals surface area contributed by atoms with E-state index in [-0.39, 0.29) is 0 Å². The Kier molecular flexibility index (Phi) is 2.29. The molecule has 0 fully saturated rings. The zero-order chi connectivity index (χ0) is 18.8. The maximum absolute atomic E-state index is 8.09. The van der Waals surface area contributed by atoms with Crippen molar-refractivity contribution in [2.45, 2.75) is 34.0 Å². The van der Waals surface area contributed by atoms with E-state index in [1.807, 2.05) is 42.3 Å². The monoisotopic (exact) mass is 308 g/mol. The van der Waals surface area contributed by atoms with E-state index in [4.69, 9.17) is 4.11 Å². The molecule has 0 unspecified atom stereocenters. The Labute approximate surface area is 140 Å². The molecule has 3 aromatic rings. The fourth-order valence-electron chi connectivity index (χ4n) is 3.27. The van der Waals surface area contributed by atoms with E-state index in [1.54, 1.807) is 6.33 Å². The number of imidazole rings is 1. The number of allylic oxidation sites excluding steroid dienone is 1. The van der Waals surface area contributed by atoms with Crippen molar-refractivity contribution in [3.05, 3.63) is 46.7 Å². The lowest BCUT2D eigenvalue weighted by atomic mass is 9.98. The van der Waals surface area contributed by atoms with Gasteiger partial charge in [0.2, 0.25) is 0 Å². The first-order chi connectivity index (χ1) is 12.2. The highest BCUT2D eigenvalue weighted by Crippen LogP contribution is 2.33. The first-order valence-electron chi connectivity index (χ1n) is 9.21. The maximum atomic E-state index is 8.09. The Hall–Kier alpha value is -2.49. The van der Waals surface area contributed by atoms with E-state index in [2.05, 4.69) is 23.0 Å². The summed E-state index contributed by atoms with van der Waals surface area (Å²) in [6, 6.07) is 4.04. The van der Waals surface area contributed by atoms with Gasteiger partial charge in [-0.05, 0) is 43.5 Å². The van der Waals surface area contributed by atoms with Crippen molar-refractivity contribution in [2.75, 3.05) is 0 Å². The lowest BCUT2D eigenvalue weighted by molar-refractivity contribution is -0.663. The number of hydrogen-bond donors (Lipinski definition) is 0. The molecule has 2 aromatic heterocycles. The predicted molar refractivity (Wildman–Crippen MR) is 92.0 cm³/mol. The molecule has 4 rings (SSSR count). The fourth-order valence-corrected chi connectivity index (χ4v) is 3.27. The number of fused-ring (bicyclic) bond motifs is 3. The van der Waals surface area contributed by atoms with Gasteiger partial charge in [-0.3, -0.25) is 0 Å². The number of benzene rings is 1. The summed E-state index contributed by atoms with van der Waals surface area (Å²) < 4.78 is 28.2. The van der Waals surface area contributed by atoms with Crippen LogP contribution in [0.2, 0.25) is 0 Å². The largest absolute Gasteiger partial charge is 0.303 e. The van der Waals surface area contributed by atoms with Gasteiger partial charge in [-0.15, -0.1) is 0 Å². The topological polar surface area (TPSA) is 34.6 Å². The van der Waals surface area contributed by atoms with Crippen LogP contribution in [0.4, 0.5) is 0 Å². The van der Waals surface area contributed by atoms with Gasteiger partial charge in [0.05, 0.1) is 18.1 Å². The standard InChI is InChI=1S/C19H21N4/c1-11-6-18-21-19-14(4)13(3)15(8-17(19)23(18)9-11)16-7-12(2)20-10-22(16)5/h7-10H,6H2,1-5H3/q+1/i4D3. The number of aromatic nitrogens is 4. The first-order valence-corrected chi connectivity index (χ1v) is 7.71. The third kappa shape index (κ3) is 2.01. The van der Waals surface area contributed by atoms with E-state index in [0.29, 0.717) is 11.1 Å². The zero-order valence-electron chi connectivity index (χ0n) is 16.8. The molecule has 1 aromatic carbocycles. The normalized spacial score (nSPS) is 16.0. The Bertz CT molecular complexity index is 1090. The van der Waals surface area contributed by atoms with E-state index < -0.39 is 6.85 Å². The number of aryl methyl sites for hydroxylation is 3. The Morgan fingerprint density at radius 2 is 2.04 bits per heavy atom. The minimum atomic E-state index is -2.23. The molecule has 23 heavy (non-hydrogen) atoms. The zero-order valence-corrected chi connectivity index (χ0v) is 13.8. The molecular formula is C19H21N4+. The Balaban J connectivity index is 2.14. The van der Waals surface area contributed by atoms with E-state index >= 15 is 0 Å². The van der Waals surface area contributed by atoms with Crippen molar-refractivity contribution in [1.82, 2.24) is 14.5 Å². The van der Waals surface area contributed by atoms with Crippen LogP contribution in [0.5, 0.6) is 0 Å². The van der Waals surface area contributed by atoms with Gasteiger partial charge in [-0.1, -0.05) is 4.98 Å². The quantitative estimate of drug-likeness (QED) is 0.647. The summed E-state index contributed by atoms with van der Waals surface area (Å²) in [6.07, 6.45) is 4.56. The highest BCUT2D eigenvalue weighted by atomic mass is 15.1. The molecule has 0 N–H and O–H groups in total. The third-order valence-corrected chi connectivity index (χ3v) is 4.54. The second kappa shape index (κ2) is 4.75. The van der Waals surface area contributed by atoms with E-state index in [1.165, 1.54) is 5.57 Å². The lowest BCUT2D eigenvalue weighted by Crippen LogP contribution is -2.31. The van der Waals surface area contributed by atoms with Crippen LogP contribution in [0, 0.1) is 20.7 Å². The lowest BCUT2D eigenvalue weighted by Gasteiger charge is -2.11. The number of nitrogens with zero attached hydrogens (tertiary/aromatic N) is 4. The summed E-state index contributed by atoms with van der Waals surface area (Å²) in [7, 11) is 1.92. The summed E-state index contributed by atoms with van der Waals surface area (Å²) in [6.45, 7) is 3.64. The molecule has 116 valence electrons. The van der Waals surface area contributed by atoms with Crippen molar-refractivity contribution in [1.29, 1.82) is 0 Å². The van der Waals surface area contributed by atoms with E-state index in [0.717, 1.165) is 40.3 Å². The van der Waals surface area contributed by atoms with Gasteiger partial charge < -0.3 is 4.57 Å². The van der Waals surface area contributed by atoms with Crippen LogP contribution in [0.25, 0.3) is 28.5 Å². The average molecular weight is 308 g/mol. The van der Waals surface area contributed by atoms with Gasteiger partial charge in [-0.2, -0.15) is 0 Å². The maximum Gasteiger partial charge on any atom is 0.286 e. The molecule has 4 heteroatoms. The van der Waals surface area contributed by atoms with Crippen LogP contribution < -0.4 is 4.57 Å². The number of hydrogen-bond acceptors (Lipinski definition) is 2. The molecule has 0 aliphatic carbocycles. The summed E-state index contributed by atoms with van der Waals surface area (Å²) in [5.74, 6) is 0.898. The van der Waals surface area contributed by atoms with Crippen LogP contribution >= 0.6 is 0 Å². The summed E-state index contributed by atoms with van der Waals surface area (Å²) >= 11 is 0. The van der Waals surface area contributed by atoms with Crippen LogP contribution in [-0.2, 0) is 13.5 Å². The van der Waals surface area contributed by atoms with Crippen molar-refractivity contribution in [3.63, 3.8) is 0 Å². The van der Waals surface area contributed by atoms with Crippen molar-refractivity contribution in [3.8, 4) is 11.3 Å². The molecule has 0 saturated heterocycles. The minimum absolute atomic E-state index is 0.340. The Morgan fingerprint density at radius 3 is 2.83 bits per heavy atom. The molecule has 1 aliphatic heterocycles.